The standard InChI is InChI=1S/C24H30ClN3O/c1-2-28(17-20-6-3-4-8-22(20)25)24(29)14-26-23-9-5-7-19-16-27(13-12-21(19)23)15-18-10-11-18/h3-9,18,26H,2,10-17H2,1H3. The molecule has 0 radical (unpaired) electrons. The van der Waals surface area contributed by atoms with Crippen molar-refractivity contribution in [3.05, 3.63) is 64.2 Å². The molecule has 2 aromatic rings. The minimum Gasteiger partial charge on any atom is -0.376 e. The minimum atomic E-state index is 0.0937. The number of hydrogen-bond donors (Lipinski definition) is 1. The molecule has 4 nitrogen and oxygen atoms in total. The first-order chi connectivity index (χ1) is 14.1. The number of anilines is 1. The fourth-order valence-corrected chi connectivity index (χ4v) is 4.34. The number of nitrogens with zero attached hydrogens (tertiary/aromatic N) is 2. The third kappa shape index (κ3) is 5.12. The van der Waals surface area contributed by atoms with Crippen molar-refractivity contribution in [2.75, 3.05) is 31.5 Å². The summed E-state index contributed by atoms with van der Waals surface area (Å²) in [5.74, 6) is 1.02. The summed E-state index contributed by atoms with van der Waals surface area (Å²) in [7, 11) is 0. The van der Waals surface area contributed by atoms with E-state index in [2.05, 4.69) is 28.4 Å². The number of halogens is 1. The molecule has 29 heavy (non-hydrogen) atoms. The first-order valence-electron chi connectivity index (χ1n) is 10.7. The second-order valence-electron chi connectivity index (χ2n) is 8.22. The average molecular weight is 412 g/mol. The lowest BCUT2D eigenvalue weighted by Crippen LogP contribution is -2.36. The molecule has 2 aliphatic rings. The third-order valence-electron chi connectivity index (χ3n) is 6.04. The van der Waals surface area contributed by atoms with E-state index in [-0.39, 0.29) is 5.91 Å². The predicted molar refractivity (Wildman–Crippen MR) is 119 cm³/mol. The summed E-state index contributed by atoms with van der Waals surface area (Å²) < 4.78 is 0. The number of hydrogen-bond acceptors (Lipinski definition) is 3. The van der Waals surface area contributed by atoms with Crippen LogP contribution in [0.5, 0.6) is 0 Å². The molecule has 0 aromatic heterocycles. The van der Waals surface area contributed by atoms with Crippen LogP contribution in [0.25, 0.3) is 0 Å². The third-order valence-corrected chi connectivity index (χ3v) is 6.41. The fraction of sp³-hybridized carbons (Fsp3) is 0.458. The van der Waals surface area contributed by atoms with Gasteiger partial charge in [-0.15, -0.1) is 0 Å². The van der Waals surface area contributed by atoms with Gasteiger partial charge in [0.15, 0.2) is 0 Å². The Kier molecular flexibility index (Phi) is 6.41. The van der Waals surface area contributed by atoms with Gasteiger partial charge in [-0.2, -0.15) is 0 Å². The topological polar surface area (TPSA) is 35.6 Å². The van der Waals surface area contributed by atoms with Crippen molar-refractivity contribution in [1.82, 2.24) is 9.80 Å². The van der Waals surface area contributed by atoms with Crippen LogP contribution in [0.1, 0.15) is 36.5 Å². The van der Waals surface area contributed by atoms with E-state index in [9.17, 15) is 4.79 Å². The lowest BCUT2D eigenvalue weighted by molar-refractivity contribution is -0.129. The van der Waals surface area contributed by atoms with Gasteiger partial charge in [0, 0.05) is 43.4 Å². The summed E-state index contributed by atoms with van der Waals surface area (Å²) in [4.78, 5) is 17.3. The van der Waals surface area contributed by atoms with Crippen molar-refractivity contribution in [2.45, 2.75) is 39.3 Å². The monoisotopic (exact) mass is 411 g/mol. The maximum absolute atomic E-state index is 12.8. The molecule has 154 valence electrons. The molecule has 0 unspecified atom stereocenters. The molecular formula is C24H30ClN3O. The zero-order chi connectivity index (χ0) is 20.2. The zero-order valence-corrected chi connectivity index (χ0v) is 17.9. The summed E-state index contributed by atoms with van der Waals surface area (Å²) in [6.45, 7) is 6.90. The maximum atomic E-state index is 12.8. The molecule has 1 heterocycles. The van der Waals surface area contributed by atoms with Crippen LogP contribution in [0, 0.1) is 5.92 Å². The van der Waals surface area contributed by atoms with Crippen molar-refractivity contribution in [1.29, 1.82) is 0 Å². The van der Waals surface area contributed by atoms with Gasteiger partial charge in [-0.1, -0.05) is 41.9 Å². The van der Waals surface area contributed by atoms with E-state index in [0.29, 0.717) is 24.7 Å². The molecule has 0 spiro atoms. The van der Waals surface area contributed by atoms with Gasteiger partial charge < -0.3 is 10.2 Å². The van der Waals surface area contributed by atoms with Gasteiger partial charge >= 0.3 is 0 Å². The summed E-state index contributed by atoms with van der Waals surface area (Å²) in [5, 5.41) is 4.12. The van der Waals surface area contributed by atoms with Crippen LogP contribution >= 0.6 is 11.6 Å². The lowest BCUT2D eigenvalue weighted by atomic mass is 9.97. The van der Waals surface area contributed by atoms with Crippen LogP contribution < -0.4 is 5.32 Å². The smallest absolute Gasteiger partial charge is 0.242 e. The van der Waals surface area contributed by atoms with Gasteiger partial charge in [0.25, 0.3) is 0 Å². The van der Waals surface area contributed by atoms with E-state index < -0.39 is 0 Å². The molecule has 1 aliphatic heterocycles. The number of carbonyl (C=O) groups excluding carboxylic acids is 1. The molecule has 1 saturated carbocycles. The second-order valence-corrected chi connectivity index (χ2v) is 8.63. The molecule has 1 N–H and O–H groups in total. The highest BCUT2D eigenvalue weighted by Crippen LogP contribution is 2.32. The van der Waals surface area contributed by atoms with Crippen molar-refractivity contribution in [2.24, 2.45) is 5.92 Å². The van der Waals surface area contributed by atoms with Gasteiger partial charge in [0.05, 0.1) is 6.54 Å². The van der Waals surface area contributed by atoms with E-state index in [1.807, 2.05) is 36.1 Å². The van der Waals surface area contributed by atoms with Crippen molar-refractivity contribution in [3.63, 3.8) is 0 Å². The first kappa shape index (κ1) is 20.2. The quantitative estimate of drug-likeness (QED) is 0.691. The Morgan fingerprint density at radius 2 is 2.03 bits per heavy atom. The summed E-state index contributed by atoms with van der Waals surface area (Å²) in [5.41, 5.74) is 4.87. The predicted octanol–water partition coefficient (Wildman–Crippen LogP) is 4.57. The van der Waals surface area contributed by atoms with Gasteiger partial charge in [-0.3, -0.25) is 9.69 Å². The largest absolute Gasteiger partial charge is 0.376 e. The molecule has 0 saturated heterocycles. The molecule has 2 aromatic carbocycles. The molecule has 1 amide bonds. The Bertz CT molecular complexity index is 865. The molecule has 1 aliphatic carbocycles. The van der Waals surface area contributed by atoms with Crippen molar-refractivity contribution < 1.29 is 4.79 Å². The second kappa shape index (κ2) is 9.19. The summed E-state index contributed by atoms with van der Waals surface area (Å²) in [6.07, 6.45) is 3.85. The summed E-state index contributed by atoms with van der Waals surface area (Å²) in [6, 6.07) is 14.2. The van der Waals surface area contributed by atoms with E-state index in [0.717, 1.165) is 36.7 Å². The number of amides is 1. The molecular weight excluding hydrogens is 382 g/mol. The maximum Gasteiger partial charge on any atom is 0.242 e. The number of rotatable bonds is 8. The highest BCUT2D eigenvalue weighted by Gasteiger charge is 2.27. The van der Waals surface area contributed by atoms with Crippen LogP contribution in [-0.4, -0.2) is 41.9 Å². The number of benzene rings is 2. The Morgan fingerprint density at radius 3 is 2.79 bits per heavy atom. The van der Waals surface area contributed by atoms with E-state index >= 15 is 0 Å². The number of nitrogens with one attached hydrogen (secondary N) is 1. The molecule has 1 fully saturated rings. The number of fused-ring (bicyclic) bond motifs is 1. The van der Waals surface area contributed by atoms with E-state index in [4.69, 9.17) is 11.6 Å². The van der Waals surface area contributed by atoms with Crippen LogP contribution in [0.4, 0.5) is 5.69 Å². The first-order valence-corrected chi connectivity index (χ1v) is 11.1. The molecule has 5 heteroatoms. The van der Waals surface area contributed by atoms with Gasteiger partial charge in [0.1, 0.15) is 0 Å². The van der Waals surface area contributed by atoms with Crippen LogP contribution in [0.3, 0.4) is 0 Å². The molecule has 4 rings (SSSR count). The van der Waals surface area contributed by atoms with Crippen molar-refractivity contribution >= 4 is 23.2 Å². The zero-order valence-electron chi connectivity index (χ0n) is 17.2. The normalized spacial score (nSPS) is 16.3. The number of likely N-dealkylation sites (N-methyl/N-ethyl adjacent to an activating group) is 1. The molecule has 0 bridgehead atoms. The lowest BCUT2D eigenvalue weighted by Gasteiger charge is -2.30. The minimum absolute atomic E-state index is 0.0937. The highest BCUT2D eigenvalue weighted by molar-refractivity contribution is 6.31. The van der Waals surface area contributed by atoms with Gasteiger partial charge in [0.2, 0.25) is 5.91 Å². The average Bonchev–Trinajstić information content (AvgIpc) is 3.55. The van der Waals surface area contributed by atoms with E-state index in [1.165, 1.54) is 30.5 Å². The van der Waals surface area contributed by atoms with Crippen LogP contribution in [0.15, 0.2) is 42.5 Å². The molecule has 0 atom stereocenters. The Hall–Kier alpha value is -2.04. The van der Waals surface area contributed by atoms with Crippen molar-refractivity contribution in [3.8, 4) is 0 Å². The SMILES string of the molecule is CCN(Cc1ccccc1Cl)C(=O)CNc1cccc2c1CCN(CC1CC1)C2. The summed E-state index contributed by atoms with van der Waals surface area (Å²) >= 11 is 6.27. The Labute approximate surface area is 178 Å². The van der Waals surface area contributed by atoms with E-state index in [1.54, 1.807) is 0 Å². The number of carbonyl (C=O) groups is 1. The highest BCUT2D eigenvalue weighted by atomic mass is 35.5. The van der Waals surface area contributed by atoms with Crippen LogP contribution in [0.2, 0.25) is 5.02 Å². The Balaban J connectivity index is 1.37. The van der Waals surface area contributed by atoms with Gasteiger partial charge in [-0.05, 0) is 60.9 Å². The van der Waals surface area contributed by atoms with Crippen LogP contribution in [-0.2, 0) is 24.3 Å². The fourth-order valence-electron chi connectivity index (χ4n) is 4.15. The Morgan fingerprint density at radius 1 is 1.21 bits per heavy atom. The van der Waals surface area contributed by atoms with Gasteiger partial charge in [-0.25, -0.2) is 0 Å².